The van der Waals surface area contributed by atoms with Crippen molar-refractivity contribution in [2.24, 2.45) is 13.0 Å². The number of imidazole rings is 1. The summed E-state index contributed by atoms with van der Waals surface area (Å²) >= 11 is 0. The maximum absolute atomic E-state index is 13.7. The molecule has 0 saturated carbocycles. The van der Waals surface area contributed by atoms with E-state index in [1.807, 2.05) is 6.92 Å². The lowest BCUT2D eigenvalue weighted by Crippen LogP contribution is -2.50. The minimum absolute atomic E-state index is 0.0190. The Morgan fingerprint density at radius 2 is 2.02 bits per heavy atom. The molecule has 222 valence electrons. The third-order valence-corrected chi connectivity index (χ3v) is 8.70. The van der Waals surface area contributed by atoms with Crippen molar-refractivity contribution in [3.63, 3.8) is 0 Å². The molecule has 0 aliphatic carbocycles. The second kappa shape index (κ2) is 11.9. The van der Waals surface area contributed by atoms with Crippen LogP contribution in [0.2, 0.25) is 0 Å². The van der Waals surface area contributed by atoms with Crippen molar-refractivity contribution >= 4 is 33.3 Å². The fourth-order valence-corrected chi connectivity index (χ4v) is 5.63. The summed E-state index contributed by atoms with van der Waals surface area (Å²) in [6.45, 7) is 6.85. The summed E-state index contributed by atoms with van der Waals surface area (Å²) in [7, 11) is -0.768. The highest BCUT2D eigenvalue weighted by molar-refractivity contribution is 7.89. The molecular formula is C26H35N7O7S. The van der Waals surface area contributed by atoms with Crippen LogP contribution in [0.1, 0.15) is 35.7 Å². The van der Waals surface area contributed by atoms with Gasteiger partial charge in [-0.1, -0.05) is 12.1 Å². The third-order valence-electron chi connectivity index (χ3n) is 6.99. The van der Waals surface area contributed by atoms with Crippen molar-refractivity contribution < 1.29 is 32.4 Å². The van der Waals surface area contributed by atoms with Gasteiger partial charge in [0.25, 0.3) is 15.9 Å². The quantitative estimate of drug-likeness (QED) is 0.356. The average molecular weight is 590 g/mol. The number of aryl methyl sites for hydroxylation is 3. The number of nitrogens with zero attached hydrogens (tertiary/aromatic N) is 5. The zero-order chi connectivity index (χ0) is 30.1. The number of hydrogen-bond acceptors (Lipinski definition) is 9. The number of anilines is 2. The number of aromatic nitrogens is 3. The number of sulfonamides is 1. The molecule has 1 aliphatic rings. The van der Waals surface area contributed by atoms with E-state index in [2.05, 4.69) is 20.8 Å². The Kier molecular flexibility index (Phi) is 8.70. The Hall–Kier alpha value is -3.95. The first-order chi connectivity index (χ1) is 19.3. The van der Waals surface area contributed by atoms with Crippen LogP contribution in [-0.2, 0) is 17.1 Å². The molecule has 1 aromatic carbocycles. The third kappa shape index (κ3) is 6.36. The van der Waals surface area contributed by atoms with E-state index in [9.17, 15) is 23.1 Å². The molecule has 0 unspecified atom stereocenters. The van der Waals surface area contributed by atoms with E-state index in [1.165, 1.54) is 34.8 Å². The molecule has 0 fully saturated rings. The Labute approximate surface area is 238 Å². The van der Waals surface area contributed by atoms with E-state index in [4.69, 9.17) is 9.26 Å². The highest BCUT2D eigenvalue weighted by Gasteiger charge is 2.35. The summed E-state index contributed by atoms with van der Waals surface area (Å²) in [6.07, 6.45) is 2.18. The first-order valence-corrected chi connectivity index (χ1v) is 14.4. The van der Waals surface area contributed by atoms with Gasteiger partial charge in [-0.25, -0.2) is 18.2 Å². The zero-order valence-corrected chi connectivity index (χ0v) is 24.6. The van der Waals surface area contributed by atoms with Gasteiger partial charge in [-0.15, -0.1) is 0 Å². The monoisotopic (exact) mass is 589 g/mol. The lowest BCUT2D eigenvalue weighted by Gasteiger charge is -2.38. The number of fused-ring (bicyclic) bond motifs is 1. The van der Waals surface area contributed by atoms with Crippen LogP contribution in [0.4, 0.5) is 16.2 Å². The van der Waals surface area contributed by atoms with Crippen molar-refractivity contribution in [1.29, 1.82) is 0 Å². The second-order valence-corrected chi connectivity index (χ2v) is 12.3. The van der Waals surface area contributed by atoms with Crippen LogP contribution in [0.3, 0.4) is 0 Å². The van der Waals surface area contributed by atoms with Crippen LogP contribution < -0.4 is 15.4 Å². The molecule has 3 N–H and O–H groups in total. The first kappa shape index (κ1) is 30.0. The van der Waals surface area contributed by atoms with Crippen LogP contribution >= 0.6 is 0 Å². The number of amides is 3. The number of hydrogen-bond donors (Lipinski definition) is 3. The second-order valence-electron chi connectivity index (χ2n) is 10.3. The van der Waals surface area contributed by atoms with Gasteiger partial charge in [-0.05, 0) is 39.0 Å². The summed E-state index contributed by atoms with van der Waals surface area (Å²) in [5, 5.41) is 19.0. The standard InChI is InChI=1S/C26H35N7O7S/c1-15-10-33(16(2)13-34)25(35)20-9-19(28-26(36)29-24-17(3)30-40-18(24)4)7-8-21(20)39-22(15)11-32(6)41(37,38)23-12-31(5)14-27-23/h7-9,12,14-16,22,34H,10-11,13H2,1-6H3,(H2,28,29,36)/t15-,16+,22+/m0/s1. The van der Waals surface area contributed by atoms with E-state index >= 15 is 0 Å². The van der Waals surface area contributed by atoms with Crippen LogP contribution in [0.5, 0.6) is 5.75 Å². The fourth-order valence-electron chi connectivity index (χ4n) is 4.49. The zero-order valence-electron chi connectivity index (χ0n) is 23.8. The summed E-state index contributed by atoms with van der Waals surface area (Å²) in [5.41, 5.74) is 1.44. The van der Waals surface area contributed by atoms with Crippen molar-refractivity contribution in [2.75, 3.05) is 37.4 Å². The van der Waals surface area contributed by atoms with Crippen LogP contribution in [0, 0.1) is 19.8 Å². The molecule has 4 rings (SSSR count). The molecule has 0 radical (unpaired) electrons. The Morgan fingerprint density at radius 3 is 2.63 bits per heavy atom. The fraction of sp³-hybridized carbons (Fsp3) is 0.462. The van der Waals surface area contributed by atoms with Gasteiger partial charge in [0.15, 0.2) is 10.8 Å². The van der Waals surface area contributed by atoms with E-state index in [-0.39, 0.29) is 42.0 Å². The molecule has 3 heterocycles. The number of carbonyl (C=O) groups excluding carboxylic acids is 2. The van der Waals surface area contributed by atoms with Crippen LogP contribution in [0.15, 0.2) is 40.3 Å². The Balaban J connectivity index is 1.62. The maximum atomic E-state index is 13.7. The van der Waals surface area contributed by atoms with Gasteiger partial charge < -0.3 is 34.5 Å². The number of rotatable bonds is 8. The minimum Gasteiger partial charge on any atom is -0.488 e. The van der Waals surface area contributed by atoms with Crippen molar-refractivity contribution in [2.45, 2.75) is 44.9 Å². The van der Waals surface area contributed by atoms with Crippen molar-refractivity contribution in [3.05, 3.63) is 47.7 Å². The summed E-state index contributed by atoms with van der Waals surface area (Å²) < 4.78 is 40.4. The Bertz CT molecular complexity index is 1510. The van der Waals surface area contributed by atoms with Gasteiger partial charge in [0.05, 0.1) is 31.1 Å². The molecule has 3 aromatic rings. The molecular weight excluding hydrogens is 554 g/mol. The molecule has 1 aliphatic heterocycles. The molecule has 3 amide bonds. The molecule has 0 saturated heterocycles. The lowest BCUT2D eigenvalue weighted by atomic mass is 9.99. The smallest absolute Gasteiger partial charge is 0.323 e. The van der Waals surface area contributed by atoms with E-state index in [1.54, 1.807) is 44.5 Å². The van der Waals surface area contributed by atoms with Crippen LogP contribution in [0.25, 0.3) is 0 Å². The average Bonchev–Trinajstić information content (AvgIpc) is 3.51. The van der Waals surface area contributed by atoms with Gasteiger partial charge in [0.2, 0.25) is 0 Å². The van der Waals surface area contributed by atoms with Crippen LogP contribution in [-0.4, -0.2) is 88.3 Å². The van der Waals surface area contributed by atoms with Gasteiger partial charge >= 0.3 is 6.03 Å². The summed E-state index contributed by atoms with van der Waals surface area (Å²) in [4.78, 5) is 31.9. The molecule has 14 nitrogen and oxygen atoms in total. The van der Waals surface area contributed by atoms with E-state index in [0.717, 1.165) is 0 Å². The van der Waals surface area contributed by atoms with Gasteiger partial charge in [0.1, 0.15) is 23.2 Å². The number of urea groups is 1. The maximum Gasteiger partial charge on any atom is 0.323 e. The Morgan fingerprint density at radius 1 is 1.29 bits per heavy atom. The number of aliphatic hydroxyl groups excluding tert-OH is 1. The predicted octanol–water partition coefficient (Wildman–Crippen LogP) is 2.21. The van der Waals surface area contributed by atoms with Crippen molar-refractivity contribution in [3.8, 4) is 5.75 Å². The van der Waals surface area contributed by atoms with E-state index < -0.39 is 34.1 Å². The SMILES string of the molecule is Cc1noc(C)c1NC(=O)Nc1ccc2c(c1)C(=O)N([C@H](C)CO)C[C@H](C)[C@@H](CN(C)S(=O)(=O)c1cn(C)cn1)O2. The minimum atomic E-state index is -3.90. The molecule has 15 heteroatoms. The van der Waals surface area contributed by atoms with Gasteiger partial charge in [-0.2, -0.15) is 4.31 Å². The number of aliphatic hydroxyl groups is 1. The first-order valence-electron chi connectivity index (χ1n) is 13.0. The topological polar surface area (TPSA) is 172 Å². The molecule has 41 heavy (non-hydrogen) atoms. The number of benzene rings is 1. The summed E-state index contributed by atoms with van der Waals surface area (Å²) in [5.74, 6) is -0.0255. The van der Waals surface area contributed by atoms with E-state index in [0.29, 0.717) is 22.8 Å². The lowest BCUT2D eigenvalue weighted by molar-refractivity contribution is 0.0387. The number of carbonyl (C=O) groups is 2. The highest BCUT2D eigenvalue weighted by atomic mass is 32.2. The highest BCUT2D eigenvalue weighted by Crippen LogP contribution is 2.31. The number of ether oxygens (including phenoxy) is 1. The molecule has 0 spiro atoms. The van der Waals surface area contributed by atoms with Gasteiger partial charge in [0, 0.05) is 38.4 Å². The number of likely N-dealkylation sites (N-methyl/N-ethyl adjacent to an activating group) is 1. The largest absolute Gasteiger partial charge is 0.488 e. The van der Waals surface area contributed by atoms with Crippen molar-refractivity contribution in [1.82, 2.24) is 23.9 Å². The molecule has 2 aromatic heterocycles. The molecule has 3 atom stereocenters. The van der Waals surface area contributed by atoms with Gasteiger partial charge in [-0.3, -0.25) is 4.79 Å². The summed E-state index contributed by atoms with van der Waals surface area (Å²) in [6, 6.07) is 3.54. The molecule has 0 bridgehead atoms. The number of nitrogens with one attached hydrogen (secondary N) is 2. The predicted molar refractivity (Wildman–Crippen MR) is 149 cm³/mol. The normalized spacial score (nSPS) is 18.3.